The smallest absolute Gasteiger partial charge is 0.870 e. The van der Waals surface area contributed by atoms with Gasteiger partial charge in [0.2, 0.25) is 0 Å². The second-order valence-electron chi connectivity index (χ2n) is 33.6. The van der Waals surface area contributed by atoms with Gasteiger partial charge in [0.15, 0.2) is 34.4 Å². The molecule has 41 heteroatoms. The molecule has 3 N–H and O–H groups in total. The van der Waals surface area contributed by atoms with E-state index in [1.807, 2.05) is 103 Å². The van der Waals surface area contributed by atoms with Gasteiger partial charge in [-0.05, 0) is 190 Å². The minimum atomic E-state index is -1.01. The second kappa shape index (κ2) is 51.4. The van der Waals surface area contributed by atoms with Gasteiger partial charge in [-0.1, -0.05) is 97.8 Å². The van der Waals surface area contributed by atoms with E-state index in [4.69, 9.17) is 111 Å². The number of nitrogens with zero attached hydrogens (tertiary/aromatic N) is 17. The Morgan fingerprint density at radius 1 is 0.481 bits per heavy atom. The zero-order valence-corrected chi connectivity index (χ0v) is 85.1. The SMILES string of the molecule is CC(=O)c1cc(Cl)nc(Cl)c1.CC1(C)OB(c2cnn3ccc(-c4cccs4)nc23)OC1(C)C.CCN(CC)[C@@H](C)CCC(=O)c1cc(-c2cnn3ccc(-c4cccs4)nc23)nc(N2CC(OC)C2)c1.CCN(CC)[C@@H](C)CCC(=O)c1cc(Cl)nc(N2CC(OC)C2)c1.COC1CN(c2cc(C(=O)O)cc(Cl)n2)C1.COC1CN(c2cc(C(C)=O)cc(Cl)n2)C1.COC1CNC1.[Li+].[OH-]. The van der Waals surface area contributed by atoms with Crippen molar-refractivity contribution in [1.82, 2.24) is 69.2 Å². The number of pyridine rings is 5. The Labute approximate surface area is 834 Å². The molecule has 11 aromatic rings. The van der Waals surface area contributed by atoms with Crippen LogP contribution in [0.5, 0.6) is 0 Å². The number of hydrogen-bond donors (Lipinski definition) is 2. The summed E-state index contributed by atoms with van der Waals surface area (Å²) in [5.41, 5.74) is 7.52. The number of anilines is 4. The second-order valence-corrected chi connectivity index (χ2v) is 37.5. The molecule has 17 rings (SSSR count). The fraction of sp³-hybridized carbons (Fsp3) is 0.468. The minimum absolute atomic E-state index is 0. The summed E-state index contributed by atoms with van der Waals surface area (Å²) in [7, 11) is 8.06. The summed E-state index contributed by atoms with van der Waals surface area (Å²) >= 11 is 32.2. The zero-order valence-electron chi connectivity index (χ0n) is 79.7. The molecule has 0 spiro atoms. The van der Waals surface area contributed by atoms with E-state index in [0.717, 1.165) is 152 Å². The Morgan fingerprint density at radius 3 is 1.19 bits per heavy atom. The number of fused-ring (bicyclic) bond motifs is 2. The summed E-state index contributed by atoms with van der Waals surface area (Å²) in [6.07, 6.45) is 11.5. The number of methoxy groups -OCH3 is 5. The first-order valence-electron chi connectivity index (χ1n) is 44.2. The van der Waals surface area contributed by atoms with Crippen molar-refractivity contribution in [2.24, 2.45) is 0 Å². The topological polar surface area (TPSA) is 356 Å². The Bertz CT molecular complexity index is 5610. The van der Waals surface area contributed by atoms with Crippen molar-refractivity contribution in [3.63, 3.8) is 0 Å². The van der Waals surface area contributed by atoms with Crippen molar-refractivity contribution in [2.75, 3.05) is 147 Å². The number of ether oxygens (including phenoxy) is 5. The molecule has 135 heavy (non-hydrogen) atoms. The summed E-state index contributed by atoms with van der Waals surface area (Å²) in [5.74, 6) is 2.06. The Balaban J connectivity index is 0.000000185. The van der Waals surface area contributed by atoms with Crippen molar-refractivity contribution >= 4 is 157 Å². The van der Waals surface area contributed by atoms with Gasteiger partial charge in [0.25, 0.3) is 0 Å². The molecule has 2 atom stereocenters. The molecule has 6 fully saturated rings. The summed E-state index contributed by atoms with van der Waals surface area (Å²) in [6, 6.07) is 29.4. The third-order valence-corrected chi connectivity index (χ3v) is 27.0. The average Bonchev–Trinajstić information content (AvgIpc) is 1.61. The van der Waals surface area contributed by atoms with Crippen LogP contribution in [-0.2, 0) is 33.0 Å². The molecule has 6 saturated heterocycles. The fourth-order valence-corrected chi connectivity index (χ4v) is 17.3. The molecular weight excluding hydrogens is 1860 g/mol. The first-order chi connectivity index (χ1) is 63.6. The van der Waals surface area contributed by atoms with Gasteiger partial charge in [-0.15, -0.1) is 22.7 Å². The van der Waals surface area contributed by atoms with Gasteiger partial charge < -0.3 is 78.3 Å². The molecule has 0 amide bonds. The molecule has 11 aromatic heterocycles. The van der Waals surface area contributed by atoms with Crippen LogP contribution in [0.25, 0.3) is 43.7 Å². The molecule has 0 unspecified atom stereocenters. The number of aromatic carboxylic acids is 1. The number of halogens is 5. The van der Waals surface area contributed by atoms with E-state index in [2.05, 4.69) is 109 Å². The number of thiophene rings is 2. The van der Waals surface area contributed by atoms with E-state index < -0.39 is 13.1 Å². The van der Waals surface area contributed by atoms with Gasteiger partial charge in [0, 0.05) is 166 Å². The molecule has 6 aliphatic heterocycles. The molecule has 0 aromatic carbocycles. The minimum Gasteiger partial charge on any atom is -0.870 e. The number of nitrogens with one attached hydrogen (secondary N) is 1. The monoisotopic (exact) mass is 1980 g/mol. The van der Waals surface area contributed by atoms with Crippen molar-refractivity contribution in [3.05, 3.63) is 186 Å². The number of carboxylic acids is 1. The van der Waals surface area contributed by atoms with E-state index >= 15 is 0 Å². The number of Topliss-reactive ketones (excluding diaryl/α,β-unsaturated/α-hetero) is 4. The summed E-state index contributed by atoms with van der Waals surface area (Å²) in [6.45, 7) is 36.3. The van der Waals surface area contributed by atoms with E-state index in [-0.39, 0.29) is 104 Å². The number of hydrogen-bond acceptors (Lipinski definition) is 31. The van der Waals surface area contributed by atoms with Crippen LogP contribution in [0.3, 0.4) is 0 Å². The van der Waals surface area contributed by atoms with Crippen molar-refractivity contribution < 1.29 is 86.4 Å². The molecule has 0 radical (unpaired) electrons. The number of rotatable bonds is 30. The summed E-state index contributed by atoms with van der Waals surface area (Å²) in [5, 5.41) is 26.3. The summed E-state index contributed by atoms with van der Waals surface area (Å²) < 4.78 is 41.8. The maximum Gasteiger partial charge on any atom is 1.00 e. The number of carboxylic acid groups (broad SMARTS) is 1. The normalized spacial score (nSPS) is 16.0. The molecule has 17 heterocycles. The predicted octanol–water partition coefficient (Wildman–Crippen LogP) is 13.1. The first kappa shape index (κ1) is 110. The predicted molar refractivity (Wildman–Crippen MR) is 530 cm³/mol. The van der Waals surface area contributed by atoms with E-state index in [1.165, 1.54) is 38.1 Å². The molecule has 720 valence electrons. The standard InChI is InChI=1S/C28H34N6O2S.C18H28ClN3O2.C16H18BN3O2S.C11H13ClN2O2.C10H11ClN2O3.C7H5Cl2NO.C4H9NO.Li.H2O/c1-5-32(6-2)19(3)9-10-25(35)20-14-24(30-27(15-20)33-17-21(18-33)36-4)22-16-29-34-12-11-23(31-28(22)34)26-8-7-13-37-26;1-5-21(6-2)13(3)7-8-16(23)14-9-17(19)20-18(10-14)22-11-15(12-22)24-4;1-15(2)16(3,4)22-17(21-15)11-10-18-20-8-7-12(19-14(11)20)13-6-5-9-23-13;1-7(15)8-3-10(12)13-11(4-8)14-5-9(6-14)16-2;1-16-7-4-13(5-7)9-3-6(10(14)15)2-8(11)12-9;1-4(11)5-2-6(8)10-7(9)3-5;1-6-4-2-5-3-4;;/h7-8,11-16,19,21H,5-6,9-10,17-18H2,1-4H3;9-10,13,15H,5-8,11-12H2,1-4H3;5-10H,1-4H3;3-4,9H,5-6H2,1-2H3;2-3,7H,4-5H2,1H3,(H,14,15);2-3H,1H3;4-5H,2-3H2,1H3;;1H2/q;;;;;;;+1;/p-1/t19-;13-;;;;;;;/m00......./s1. The molecular formula is C94H119BCl5LiN18O14S2. The zero-order chi connectivity index (χ0) is 96.1. The number of carbonyl (C=O) groups excluding carboxylic acids is 4. The van der Waals surface area contributed by atoms with Crippen molar-refractivity contribution in [1.29, 1.82) is 0 Å². The first-order valence-corrected chi connectivity index (χ1v) is 47.9. The van der Waals surface area contributed by atoms with Crippen molar-refractivity contribution in [3.8, 4) is 32.4 Å². The van der Waals surface area contributed by atoms with Crippen LogP contribution in [0.15, 0.2) is 133 Å². The third kappa shape index (κ3) is 29.5. The largest absolute Gasteiger partial charge is 1.00 e. The molecule has 0 saturated carbocycles. The van der Waals surface area contributed by atoms with Crippen LogP contribution in [0, 0.1) is 0 Å². The molecule has 0 bridgehead atoms. The average molecular weight is 1980 g/mol. The maximum absolute atomic E-state index is 13.4. The summed E-state index contributed by atoms with van der Waals surface area (Å²) in [4.78, 5) is 105. The van der Waals surface area contributed by atoms with E-state index in [9.17, 15) is 24.0 Å². The number of ketones is 4. The number of aromatic nitrogens is 11. The van der Waals surface area contributed by atoms with Crippen LogP contribution >= 0.6 is 80.7 Å². The quantitative estimate of drug-likeness (QED) is 0.0240. The maximum atomic E-state index is 13.4. The van der Waals surface area contributed by atoms with Crippen LogP contribution in [0.1, 0.15) is 161 Å². The fourth-order valence-electron chi connectivity index (χ4n) is 14.8. The van der Waals surface area contributed by atoms with Gasteiger partial charge in [-0.25, -0.2) is 48.7 Å². The molecule has 32 nitrogen and oxygen atoms in total. The van der Waals surface area contributed by atoms with Gasteiger partial charge >= 0.3 is 31.9 Å². The van der Waals surface area contributed by atoms with Crippen LogP contribution in [0.2, 0.25) is 25.8 Å². The Morgan fingerprint density at radius 2 is 0.830 bits per heavy atom. The van der Waals surface area contributed by atoms with Crippen molar-refractivity contribution in [2.45, 2.75) is 163 Å². The van der Waals surface area contributed by atoms with Crippen LogP contribution in [-0.4, -0.2) is 292 Å². The Kier molecular flexibility index (Phi) is 41.9. The molecule has 6 aliphatic rings. The van der Waals surface area contributed by atoms with Gasteiger partial charge in [-0.2, -0.15) is 10.2 Å². The van der Waals surface area contributed by atoms with Crippen LogP contribution in [0.4, 0.5) is 23.3 Å². The third-order valence-electron chi connectivity index (χ3n) is 24.3. The van der Waals surface area contributed by atoms with E-state index in [1.54, 1.807) is 97.8 Å². The molecule has 0 aliphatic carbocycles. The van der Waals surface area contributed by atoms with E-state index in [0.29, 0.717) is 88.2 Å². The van der Waals surface area contributed by atoms with Gasteiger partial charge in [0.05, 0.1) is 92.1 Å². The van der Waals surface area contributed by atoms with Crippen LogP contribution < -0.4 is 49.2 Å². The van der Waals surface area contributed by atoms with Gasteiger partial charge in [-0.3, -0.25) is 19.2 Å². The Hall–Kier alpha value is -8.59. The van der Waals surface area contributed by atoms with Gasteiger partial charge in [0.1, 0.15) is 49.0 Å². The number of carbonyl (C=O) groups is 5.